The summed E-state index contributed by atoms with van der Waals surface area (Å²) in [6.45, 7) is 0. The highest BCUT2D eigenvalue weighted by molar-refractivity contribution is 6.33. The topological polar surface area (TPSA) is 88.2 Å². The summed E-state index contributed by atoms with van der Waals surface area (Å²) >= 11 is 5.94. The Morgan fingerprint density at radius 2 is 2.16 bits per heavy atom. The maximum Gasteiger partial charge on any atom is 0.253 e. The average Bonchev–Trinajstić information content (AvgIpc) is 2.58. The fourth-order valence-corrected chi connectivity index (χ4v) is 2.52. The Bertz CT molecular complexity index is 467. The molecule has 1 aromatic rings. The summed E-state index contributed by atoms with van der Waals surface area (Å²) in [4.78, 5) is 16.0. The quantitative estimate of drug-likeness (QED) is 0.722. The van der Waals surface area contributed by atoms with E-state index in [0.29, 0.717) is 5.56 Å². The summed E-state index contributed by atoms with van der Waals surface area (Å²) in [5, 5.41) is 13.1. The van der Waals surface area contributed by atoms with Crippen molar-refractivity contribution < 1.29 is 9.90 Å². The second-order valence-electron chi connectivity index (χ2n) is 4.87. The van der Waals surface area contributed by atoms with Crippen molar-refractivity contribution >= 4 is 23.3 Å². The summed E-state index contributed by atoms with van der Waals surface area (Å²) in [6, 6.07) is 1.22. The number of hydrogen-bond donors (Lipinski definition) is 3. The van der Waals surface area contributed by atoms with Gasteiger partial charge in [-0.3, -0.25) is 4.79 Å². The van der Waals surface area contributed by atoms with E-state index < -0.39 is 6.10 Å². The number of nitrogens with zero attached hydrogens (tertiary/aromatic N) is 1. The van der Waals surface area contributed by atoms with Gasteiger partial charge in [0.05, 0.1) is 22.7 Å². The third kappa shape index (κ3) is 3.58. The van der Waals surface area contributed by atoms with Gasteiger partial charge < -0.3 is 16.2 Å². The molecule has 1 aliphatic rings. The first-order chi connectivity index (χ1) is 9.08. The Kier molecular flexibility index (Phi) is 4.61. The molecule has 6 heteroatoms. The lowest BCUT2D eigenvalue weighted by Gasteiger charge is -2.22. The van der Waals surface area contributed by atoms with E-state index >= 15 is 0 Å². The molecular formula is C13H18ClN3O2. The molecule has 0 aromatic carbocycles. The van der Waals surface area contributed by atoms with E-state index in [2.05, 4.69) is 10.3 Å². The summed E-state index contributed by atoms with van der Waals surface area (Å²) in [7, 11) is 0. The maximum atomic E-state index is 12.2. The van der Waals surface area contributed by atoms with E-state index in [4.69, 9.17) is 17.3 Å². The summed E-state index contributed by atoms with van der Waals surface area (Å²) < 4.78 is 0. The first-order valence-corrected chi connectivity index (χ1v) is 6.85. The minimum atomic E-state index is -0.496. The van der Waals surface area contributed by atoms with Crippen LogP contribution in [0.1, 0.15) is 42.5 Å². The molecule has 1 aromatic heterocycles. The van der Waals surface area contributed by atoms with Gasteiger partial charge in [0.2, 0.25) is 0 Å². The van der Waals surface area contributed by atoms with Crippen LogP contribution in [0.5, 0.6) is 0 Å². The van der Waals surface area contributed by atoms with Crippen molar-refractivity contribution in [3.63, 3.8) is 0 Å². The molecule has 4 N–H and O–H groups in total. The van der Waals surface area contributed by atoms with Crippen molar-refractivity contribution in [3.05, 3.63) is 22.8 Å². The number of aliphatic hydroxyl groups excluding tert-OH is 1. The van der Waals surface area contributed by atoms with Crippen LogP contribution in [-0.4, -0.2) is 28.1 Å². The molecule has 1 aliphatic carbocycles. The van der Waals surface area contributed by atoms with Crippen LogP contribution in [0.25, 0.3) is 0 Å². The zero-order valence-electron chi connectivity index (χ0n) is 10.6. The fourth-order valence-electron chi connectivity index (χ4n) is 2.33. The number of nitrogen functional groups attached to an aromatic ring is 1. The molecule has 1 fully saturated rings. The van der Waals surface area contributed by atoms with Crippen molar-refractivity contribution in [1.29, 1.82) is 0 Å². The second kappa shape index (κ2) is 6.21. The number of anilines is 1. The number of carbonyl (C=O) groups is 1. The van der Waals surface area contributed by atoms with E-state index in [1.54, 1.807) is 0 Å². The van der Waals surface area contributed by atoms with E-state index in [0.717, 1.165) is 32.1 Å². The summed E-state index contributed by atoms with van der Waals surface area (Å²) in [5.41, 5.74) is 5.85. The number of nitrogens with one attached hydrogen (secondary N) is 1. The zero-order valence-corrected chi connectivity index (χ0v) is 11.4. The van der Waals surface area contributed by atoms with Crippen molar-refractivity contribution in [3.8, 4) is 0 Å². The average molecular weight is 284 g/mol. The molecule has 0 bridgehead atoms. The van der Waals surface area contributed by atoms with Gasteiger partial charge in [-0.05, 0) is 18.9 Å². The number of aromatic nitrogens is 1. The minimum absolute atomic E-state index is 0.222. The van der Waals surface area contributed by atoms with Gasteiger partial charge in [0.1, 0.15) is 5.82 Å². The van der Waals surface area contributed by atoms with Gasteiger partial charge in [0.25, 0.3) is 5.91 Å². The number of aliphatic hydroxyl groups is 1. The molecule has 1 saturated carbocycles. The second-order valence-corrected chi connectivity index (χ2v) is 5.28. The Morgan fingerprint density at radius 3 is 2.95 bits per heavy atom. The molecule has 2 rings (SSSR count). The lowest BCUT2D eigenvalue weighted by molar-refractivity contribution is 0.0819. The predicted octanol–water partition coefficient (Wildman–Crippen LogP) is 1.74. The molecule has 104 valence electrons. The van der Waals surface area contributed by atoms with E-state index in [1.165, 1.54) is 12.3 Å². The number of pyridine rings is 1. The standard InChI is InChI=1S/C13H18ClN3O2/c14-9-7-16-12(15)6-8(9)13(19)17-10-4-2-1-3-5-11(10)18/h6-7,10-11,18H,1-5H2,(H2,15,16)(H,17,19). The molecule has 1 amide bonds. The highest BCUT2D eigenvalue weighted by Crippen LogP contribution is 2.20. The fraction of sp³-hybridized carbons (Fsp3) is 0.538. The lowest BCUT2D eigenvalue weighted by Crippen LogP contribution is -2.42. The number of carbonyl (C=O) groups excluding carboxylic acids is 1. The van der Waals surface area contributed by atoms with Crippen LogP contribution < -0.4 is 11.1 Å². The minimum Gasteiger partial charge on any atom is -0.391 e. The number of rotatable bonds is 2. The molecule has 2 unspecified atom stereocenters. The van der Waals surface area contributed by atoms with Gasteiger partial charge in [-0.1, -0.05) is 30.9 Å². The summed E-state index contributed by atoms with van der Waals surface area (Å²) in [6.07, 6.45) is 5.46. The number of halogens is 1. The maximum absolute atomic E-state index is 12.2. The van der Waals surface area contributed by atoms with Crippen LogP contribution in [0, 0.1) is 0 Å². The van der Waals surface area contributed by atoms with Crippen LogP contribution in [0.15, 0.2) is 12.3 Å². The Balaban J connectivity index is 2.09. The largest absolute Gasteiger partial charge is 0.391 e. The van der Waals surface area contributed by atoms with Crippen LogP contribution >= 0.6 is 11.6 Å². The lowest BCUT2D eigenvalue weighted by atomic mass is 10.1. The van der Waals surface area contributed by atoms with Gasteiger partial charge in [0, 0.05) is 6.20 Å². The van der Waals surface area contributed by atoms with Crippen molar-refractivity contribution in [2.45, 2.75) is 44.2 Å². The van der Waals surface area contributed by atoms with Gasteiger partial charge in [-0.2, -0.15) is 0 Å². The van der Waals surface area contributed by atoms with Crippen molar-refractivity contribution in [1.82, 2.24) is 10.3 Å². The highest BCUT2D eigenvalue weighted by Gasteiger charge is 2.24. The zero-order chi connectivity index (χ0) is 13.8. The number of hydrogen-bond acceptors (Lipinski definition) is 4. The Morgan fingerprint density at radius 1 is 1.42 bits per heavy atom. The molecule has 19 heavy (non-hydrogen) atoms. The van der Waals surface area contributed by atoms with E-state index in [1.807, 2.05) is 0 Å². The van der Waals surface area contributed by atoms with Crippen LogP contribution in [-0.2, 0) is 0 Å². The smallest absolute Gasteiger partial charge is 0.253 e. The Hall–Kier alpha value is -1.33. The number of amides is 1. The SMILES string of the molecule is Nc1cc(C(=O)NC2CCCCCC2O)c(Cl)cn1. The first kappa shape index (κ1) is 14.1. The molecule has 0 aliphatic heterocycles. The van der Waals surface area contributed by atoms with Gasteiger partial charge in [-0.15, -0.1) is 0 Å². The molecule has 1 heterocycles. The van der Waals surface area contributed by atoms with Gasteiger partial charge in [0.15, 0.2) is 0 Å². The highest BCUT2D eigenvalue weighted by atomic mass is 35.5. The van der Waals surface area contributed by atoms with E-state index in [9.17, 15) is 9.90 Å². The van der Waals surface area contributed by atoms with Crippen molar-refractivity contribution in [2.75, 3.05) is 5.73 Å². The third-order valence-electron chi connectivity index (χ3n) is 3.42. The predicted molar refractivity (Wildman–Crippen MR) is 74.0 cm³/mol. The monoisotopic (exact) mass is 283 g/mol. The molecule has 5 nitrogen and oxygen atoms in total. The normalized spacial score (nSPS) is 23.7. The Labute approximate surface area is 117 Å². The molecule has 0 saturated heterocycles. The van der Waals surface area contributed by atoms with Crippen LogP contribution in [0.3, 0.4) is 0 Å². The molecule has 0 radical (unpaired) electrons. The first-order valence-electron chi connectivity index (χ1n) is 6.48. The molecule has 2 atom stereocenters. The van der Waals surface area contributed by atoms with Crippen molar-refractivity contribution in [2.24, 2.45) is 0 Å². The van der Waals surface area contributed by atoms with Crippen LogP contribution in [0.2, 0.25) is 5.02 Å². The third-order valence-corrected chi connectivity index (χ3v) is 3.72. The van der Waals surface area contributed by atoms with E-state index in [-0.39, 0.29) is 22.8 Å². The molecule has 0 spiro atoms. The number of nitrogens with two attached hydrogens (primary N) is 1. The van der Waals surface area contributed by atoms with Gasteiger partial charge >= 0.3 is 0 Å². The summed E-state index contributed by atoms with van der Waals surface area (Å²) in [5.74, 6) is -0.0685. The molecular weight excluding hydrogens is 266 g/mol. The van der Waals surface area contributed by atoms with Crippen LogP contribution in [0.4, 0.5) is 5.82 Å². The van der Waals surface area contributed by atoms with Gasteiger partial charge in [-0.25, -0.2) is 4.98 Å².